The van der Waals surface area contributed by atoms with Gasteiger partial charge in [-0.3, -0.25) is 0 Å². The van der Waals surface area contributed by atoms with Crippen molar-refractivity contribution in [2.24, 2.45) is 5.73 Å². The molecule has 1 rings (SSSR count). The highest BCUT2D eigenvalue weighted by Crippen LogP contribution is 2.13. The summed E-state index contributed by atoms with van der Waals surface area (Å²) in [6.45, 7) is 4.97. The Labute approximate surface area is 81.2 Å². The van der Waals surface area contributed by atoms with Crippen LogP contribution >= 0.6 is 0 Å². The van der Waals surface area contributed by atoms with Crippen LogP contribution < -0.4 is 5.73 Å². The molecule has 3 heteroatoms. The molecule has 1 saturated heterocycles. The van der Waals surface area contributed by atoms with Crippen LogP contribution in [0.2, 0.25) is 0 Å². The quantitative estimate of drug-likeness (QED) is 0.707. The average Bonchev–Trinajstić information content (AvgIpc) is 2.04. The molecule has 0 aromatic rings. The summed E-state index contributed by atoms with van der Waals surface area (Å²) in [5.74, 6) is 0. The number of hydrogen-bond donors (Lipinski definition) is 1. The van der Waals surface area contributed by atoms with Crippen LogP contribution in [0.4, 0.5) is 0 Å². The van der Waals surface area contributed by atoms with Crippen LogP contribution in [0.15, 0.2) is 0 Å². The van der Waals surface area contributed by atoms with Crippen molar-refractivity contribution >= 4 is 0 Å². The molecule has 0 saturated carbocycles. The normalized spacial score (nSPS) is 26.3. The lowest BCUT2D eigenvalue weighted by Gasteiger charge is -2.28. The third kappa shape index (κ3) is 4.60. The third-order valence-corrected chi connectivity index (χ3v) is 2.39. The van der Waals surface area contributed by atoms with Gasteiger partial charge in [0.2, 0.25) is 0 Å². The second-order valence-electron chi connectivity index (χ2n) is 4.19. The van der Waals surface area contributed by atoms with E-state index >= 15 is 0 Å². The predicted octanol–water partition coefficient (Wildman–Crippen LogP) is 0.834. The highest BCUT2D eigenvalue weighted by molar-refractivity contribution is 4.69. The lowest BCUT2D eigenvalue weighted by atomic mass is 10.1. The fourth-order valence-electron chi connectivity index (χ4n) is 1.87. The molecule has 2 N–H and O–H groups in total. The van der Waals surface area contributed by atoms with E-state index in [2.05, 4.69) is 11.9 Å². The zero-order valence-electron chi connectivity index (χ0n) is 8.83. The molecule has 1 heterocycles. The molecule has 3 nitrogen and oxygen atoms in total. The van der Waals surface area contributed by atoms with Crippen LogP contribution in [0.1, 0.15) is 26.2 Å². The van der Waals surface area contributed by atoms with Gasteiger partial charge in [0.05, 0.1) is 6.10 Å². The molecular weight excluding hydrogens is 164 g/mol. The summed E-state index contributed by atoms with van der Waals surface area (Å²) in [6.07, 6.45) is 4.20. The average molecular weight is 186 g/mol. The maximum Gasteiger partial charge on any atom is 0.0701 e. The predicted molar refractivity (Wildman–Crippen MR) is 54.7 cm³/mol. The van der Waals surface area contributed by atoms with Crippen molar-refractivity contribution in [3.63, 3.8) is 0 Å². The second-order valence-corrected chi connectivity index (χ2v) is 4.19. The maximum atomic E-state index is 5.72. The lowest BCUT2D eigenvalue weighted by molar-refractivity contribution is -0.00190. The molecule has 0 aromatic heterocycles. The summed E-state index contributed by atoms with van der Waals surface area (Å²) in [4.78, 5) is 2.26. The van der Waals surface area contributed by atoms with E-state index < -0.39 is 0 Å². The fourth-order valence-corrected chi connectivity index (χ4v) is 1.87. The molecule has 0 spiro atoms. The van der Waals surface area contributed by atoms with E-state index in [-0.39, 0.29) is 6.04 Å². The number of hydrogen-bond acceptors (Lipinski definition) is 3. The standard InChI is InChI=1S/C10H22N2O/c1-9(11)7-12(2)8-10-5-3-4-6-13-10/h9-10H,3-8,11H2,1-2H3/t9-,10?/m0/s1. The van der Waals surface area contributed by atoms with Crippen molar-refractivity contribution in [2.45, 2.75) is 38.3 Å². The number of nitrogens with two attached hydrogens (primary N) is 1. The van der Waals surface area contributed by atoms with Crippen LogP contribution in [0.5, 0.6) is 0 Å². The molecule has 13 heavy (non-hydrogen) atoms. The fraction of sp³-hybridized carbons (Fsp3) is 1.00. The monoisotopic (exact) mass is 186 g/mol. The SMILES string of the molecule is C[C@H](N)CN(C)CC1CCCCO1. The van der Waals surface area contributed by atoms with Crippen LogP contribution in [0, 0.1) is 0 Å². The van der Waals surface area contributed by atoms with Gasteiger partial charge in [0.25, 0.3) is 0 Å². The zero-order chi connectivity index (χ0) is 9.68. The molecule has 0 amide bonds. The van der Waals surface area contributed by atoms with Crippen molar-refractivity contribution in [3.05, 3.63) is 0 Å². The minimum absolute atomic E-state index is 0.258. The van der Waals surface area contributed by atoms with Crippen LogP contribution in [0.25, 0.3) is 0 Å². The topological polar surface area (TPSA) is 38.5 Å². The van der Waals surface area contributed by atoms with E-state index in [0.717, 1.165) is 19.7 Å². The number of nitrogens with zero attached hydrogens (tertiary/aromatic N) is 1. The van der Waals surface area contributed by atoms with Crippen molar-refractivity contribution in [3.8, 4) is 0 Å². The summed E-state index contributed by atoms with van der Waals surface area (Å²) >= 11 is 0. The first kappa shape index (κ1) is 11.0. The molecule has 0 aromatic carbocycles. The first-order chi connectivity index (χ1) is 6.18. The van der Waals surface area contributed by atoms with E-state index in [1.807, 2.05) is 6.92 Å². The summed E-state index contributed by atoms with van der Waals surface area (Å²) in [5, 5.41) is 0. The third-order valence-electron chi connectivity index (χ3n) is 2.39. The Hall–Kier alpha value is -0.120. The smallest absolute Gasteiger partial charge is 0.0701 e. The van der Waals surface area contributed by atoms with Crippen molar-refractivity contribution in [1.82, 2.24) is 4.90 Å². The van der Waals surface area contributed by atoms with Crippen molar-refractivity contribution in [1.29, 1.82) is 0 Å². The van der Waals surface area contributed by atoms with Gasteiger partial charge in [-0.15, -0.1) is 0 Å². The van der Waals surface area contributed by atoms with E-state index in [1.54, 1.807) is 0 Å². The second kappa shape index (κ2) is 5.58. The van der Waals surface area contributed by atoms with Crippen LogP contribution in [-0.4, -0.2) is 43.8 Å². The molecule has 1 aliphatic rings. The van der Waals surface area contributed by atoms with Crippen LogP contribution in [0.3, 0.4) is 0 Å². The Morgan fingerprint density at radius 1 is 1.54 bits per heavy atom. The van der Waals surface area contributed by atoms with Gasteiger partial charge >= 0.3 is 0 Å². The van der Waals surface area contributed by atoms with E-state index in [4.69, 9.17) is 10.5 Å². The summed E-state index contributed by atoms with van der Waals surface area (Å²) in [6, 6.07) is 0.258. The van der Waals surface area contributed by atoms with Crippen molar-refractivity contribution < 1.29 is 4.74 Å². The minimum atomic E-state index is 0.258. The van der Waals surface area contributed by atoms with Gasteiger partial charge in [-0.2, -0.15) is 0 Å². The molecule has 2 atom stereocenters. The van der Waals surface area contributed by atoms with Gasteiger partial charge < -0.3 is 15.4 Å². The summed E-state index contributed by atoms with van der Waals surface area (Å²) in [5.41, 5.74) is 5.72. The summed E-state index contributed by atoms with van der Waals surface area (Å²) < 4.78 is 5.65. The van der Waals surface area contributed by atoms with Gasteiger partial charge in [-0.25, -0.2) is 0 Å². The Balaban J connectivity index is 2.14. The first-order valence-electron chi connectivity index (χ1n) is 5.24. The van der Waals surface area contributed by atoms with Crippen LogP contribution in [-0.2, 0) is 4.74 Å². The highest BCUT2D eigenvalue weighted by atomic mass is 16.5. The van der Waals surface area contributed by atoms with E-state index in [0.29, 0.717) is 6.10 Å². The Morgan fingerprint density at radius 2 is 2.31 bits per heavy atom. The molecule has 78 valence electrons. The lowest BCUT2D eigenvalue weighted by Crippen LogP contribution is -2.39. The van der Waals surface area contributed by atoms with Gasteiger partial charge in [-0.1, -0.05) is 0 Å². The first-order valence-corrected chi connectivity index (χ1v) is 5.24. The molecule has 0 bridgehead atoms. The van der Waals surface area contributed by atoms with E-state index in [9.17, 15) is 0 Å². The highest BCUT2D eigenvalue weighted by Gasteiger charge is 2.15. The minimum Gasteiger partial charge on any atom is -0.377 e. The van der Waals surface area contributed by atoms with Gasteiger partial charge in [-0.05, 0) is 33.2 Å². The van der Waals surface area contributed by atoms with Gasteiger partial charge in [0.1, 0.15) is 0 Å². The molecule has 0 aliphatic carbocycles. The summed E-state index contributed by atoms with van der Waals surface area (Å²) in [7, 11) is 2.11. The Morgan fingerprint density at radius 3 is 2.85 bits per heavy atom. The Bertz CT molecular complexity index is 133. The molecule has 1 fully saturated rings. The maximum absolute atomic E-state index is 5.72. The molecule has 1 unspecified atom stereocenters. The number of rotatable bonds is 4. The molecular formula is C10H22N2O. The largest absolute Gasteiger partial charge is 0.377 e. The van der Waals surface area contributed by atoms with E-state index in [1.165, 1.54) is 19.3 Å². The zero-order valence-corrected chi connectivity index (χ0v) is 8.83. The van der Waals surface area contributed by atoms with Crippen molar-refractivity contribution in [2.75, 3.05) is 26.7 Å². The number of ether oxygens (including phenoxy) is 1. The van der Waals surface area contributed by atoms with Gasteiger partial charge in [0, 0.05) is 25.7 Å². The number of likely N-dealkylation sites (N-methyl/N-ethyl adjacent to an activating group) is 1. The van der Waals surface area contributed by atoms with Gasteiger partial charge in [0.15, 0.2) is 0 Å². The Kier molecular flexibility index (Phi) is 4.70. The molecule has 0 radical (unpaired) electrons. The molecule has 1 aliphatic heterocycles.